The van der Waals surface area contributed by atoms with Gasteiger partial charge < -0.3 is 10.5 Å². The van der Waals surface area contributed by atoms with Crippen molar-refractivity contribution in [3.05, 3.63) is 28.2 Å². The molecule has 0 aliphatic heterocycles. The standard InChI is InChI=1S/C18H26BrNO/c1-11(20)14-6-5-13(19)10-15(14)21-16-9-12-7-8-18(16,4)17(12,2)3/h5-6,10-12,16H,7-9,20H2,1-4H3. The molecule has 21 heavy (non-hydrogen) atoms. The lowest BCUT2D eigenvalue weighted by molar-refractivity contribution is 0.0294. The fraction of sp³-hybridized carbons (Fsp3) is 0.667. The first-order valence-corrected chi connectivity index (χ1v) is 8.76. The predicted octanol–water partition coefficient (Wildman–Crippen LogP) is 5.06. The quantitative estimate of drug-likeness (QED) is 0.825. The van der Waals surface area contributed by atoms with E-state index in [0.717, 1.165) is 21.7 Å². The Morgan fingerprint density at radius 1 is 1.33 bits per heavy atom. The van der Waals surface area contributed by atoms with Gasteiger partial charge >= 0.3 is 0 Å². The highest BCUT2D eigenvalue weighted by atomic mass is 79.9. The van der Waals surface area contributed by atoms with E-state index in [1.165, 1.54) is 19.3 Å². The first kappa shape index (κ1) is 15.4. The van der Waals surface area contributed by atoms with Crippen LogP contribution in [0.4, 0.5) is 0 Å². The normalized spacial score (nSPS) is 35.0. The SMILES string of the molecule is CC(N)c1ccc(Br)cc1OC1CC2CCC1(C)C2(C)C. The maximum atomic E-state index is 6.51. The van der Waals surface area contributed by atoms with Crippen molar-refractivity contribution in [3.8, 4) is 5.75 Å². The molecule has 4 unspecified atom stereocenters. The third-order valence-electron chi connectivity index (χ3n) is 6.45. The Kier molecular flexibility index (Phi) is 3.65. The number of ether oxygens (including phenoxy) is 1. The van der Waals surface area contributed by atoms with Gasteiger partial charge in [-0.2, -0.15) is 0 Å². The van der Waals surface area contributed by atoms with Crippen LogP contribution in [0.15, 0.2) is 22.7 Å². The lowest BCUT2D eigenvalue weighted by atomic mass is 9.70. The van der Waals surface area contributed by atoms with E-state index in [9.17, 15) is 0 Å². The smallest absolute Gasteiger partial charge is 0.125 e. The highest BCUT2D eigenvalue weighted by Crippen LogP contribution is 2.66. The summed E-state index contributed by atoms with van der Waals surface area (Å²) in [5, 5.41) is 0. The minimum atomic E-state index is -0.00694. The van der Waals surface area contributed by atoms with Gasteiger partial charge in [0.2, 0.25) is 0 Å². The van der Waals surface area contributed by atoms with Crippen molar-refractivity contribution in [2.24, 2.45) is 22.5 Å². The number of hydrogen-bond donors (Lipinski definition) is 1. The van der Waals surface area contributed by atoms with E-state index in [-0.39, 0.29) is 11.5 Å². The molecule has 4 atom stereocenters. The number of fused-ring (bicyclic) bond motifs is 2. The second kappa shape index (κ2) is 4.99. The topological polar surface area (TPSA) is 35.2 Å². The summed E-state index contributed by atoms with van der Waals surface area (Å²) in [6.45, 7) is 9.26. The first-order valence-electron chi connectivity index (χ1n) is 7.97. The molecule has 2 bridgehead atoms. The summed E-state index contributed by atoms with van der Waals surface area (Å²) in [7, 11) is 0. The molecule has 1 aromatic rings. The van der Waals surface area contributed by atoms with Gasteiger partial charge in [-0.05, 0) is 49.7 Å². The summed E-state index contributed by atoms with van der Waals surface area (Å²) in [6.07, 6.45) is 4.10. The molecule has 0 saturated heterocycles. The molecule has 2 aliphatic rings. The Bertz CT molecular complexity index is 554. The molecule has 0 amide bonds. The fourth-order valence-corrected chi connectivity index (χ4v) is 4.79. The molecule has 116 valence electrons. The first-order chi connectivity index (χ1) is 9.75. The molecule has 0 aromatic heterocycles. The Labute approximate surface area is 136 Å². The van der Waals surface area contributed by atoms with E-state index in [2.05, 4.69) is 48.8 Å². The van der Waals surface area contributed by atoms with Crippen LogP contribution in [0, 0.1) is 16.7 Å². The van der Waals surface area contributed by atoms with Gasteiger partial charge in [0.15, 0.2) is 0 Å². The summed E-state index contributed by atoms with van der Waals surface area (Å²) in [4.78, 5) is 0. The number of hydrogen-bond acceptors (Lipinski definition) is 2. The molecule has 1 aromatic carbocycles. The van der Waals surface area contributed by atoms with Crippen LogP contribution in [0.2, 0.25) is 0 Å². The van der Waals surface area contributed by atoms with Gasteiger partial charge in [0.05, 0.1) is 0 Å². The Morgan fingerprint density at radius 2 is 2.05 bits per heavy atom. The molecule has 2 saturated carbocycles. The fourth-order valence-electron chi connectivity index (χ4n) is 4.45. The number of halogens is 1. The van der Waals surface area contributed by atoms with E-state index in [0.29, 0.717) is 11.5 Å². The maximum absolute atomic E-state index is 6.51. The maximum Gasteiger partial charge on any atom is 0.125 e. The van der Waals surface area contributed by atoms with Gasteiger partial charge in [-0.1, -0.05) is 42.8 Å². The van der Waals surface area contributed by atoms with Gasteiger partial charge in [-0.15, -0.1) is 0 Å². The lowest BCUT2D eigenvalue weighted by Crippen LogP contribution is -2.39. The molecule has 2 aliphatic carbocycles. The van der Waals surface area contributed by atoms with Crippen molar-refractivity contribution in [2.45, 2.75) is 59.1 Å². The van der Waals surface area contributed by atoms with Gasteiger partial charge in [0.1, 0.15) is 11.9 Å². The zero-order valence-corrected chi connectivity index (χ0v) is 15.0. The average Bonchev–Trinajstić information content (AvgIpc) is 2.71. The molecule has 3 heteroatoms. The summed E-state index contributed by atoms with van der Waals surface area (Å²) >= 11 is 3.55. The van der Waals surface area contributed by atoms with E-state index in [1.54, 1.807) is 0 Å². The van der Waals surface area contributed by atoms with Crippen molar-refractivity contribution < 1.29 is 4.74 Å². The summed E-state index contributed by atoms with van der Waals surface area (Å²) < 4.78 is 7.56. The van der Waals surface area contributed by atoms with Gasteiger partial charge in [0.25, 0.3) is 0 Å². The van der Waals surface area contributed by atoms with Crippen molar-refractivity contribution in [1.82, 2.24) is 0 Å². The Hall–Kier alpha value is -0.540. The molecule has 0 spiro atoms. The number of nitrogens with two attached hydrogens (primary N) is 1. The van der Waals surface area contributed by atoms with Crippen LogP contribution in [0.5, 0.6) is 5.75 Å². The van der Waals surface area contributed by atoms with Crippen LogP contribution in [-0.2, 0) is 0 Å². The molecule has 0 radical (unpaired) electrons. The third-order valence-corrected chi connectivity index (χ3v) is 6.94. The van der Waals surface area contributed by atoms with Crippen molar-refractivity contribution in [1.29, 1.82) is 0 Å². The monoisotopic (exact) mass is 351 g/mol. The minimum absolute atomic E-state index is 0.00694. The van der Waals surface area contributed by atoms with E-state index in [1.807, 2.05) is 13.0 Å². The van der Waals surface area contributed by atoms with Crippen LogP contribution in [0.3, 0.4) is 0 Å². The molecular formula is C18H26BrNO. The second-order valence-electron chi connectivity index (χ2n) is 7.69. The highest BCUT2D eigenvalue weighted by molar-refractivity contribution is 9.10. The van der Waals surface area contributed by atoms with Crippen LogP contribution in [0.1, 0.15) is 58.6 Å². The lowest BCUT2D eigenvalue weighted by Gasteiger charge is -2.39. The zero-order chi connectivity index (χ0) is 15.4. The molecular weight excluding hydrogens is 326 g/mol. The highest BCUT2D eigenvalue weighted by Gasteiger charge is 2.62. The molecule has 3 rings (SSSR count). The van der Waals surface area contributed by atoms with Gasteiger partial charge in [-0.3, -0.25) is 0 Å². The van der Waals surface area contributed by atoms with Crippen LogP contribution >= 0.6 is 15.9 Å². The van der Waals surface area contributed by atoms with Gasteiger partial charge in [-0.25, -0.2) is 0 Å². The molecule has 2 fully saturated rings. The Morgan fingerprint density at radius 3 is 2.57 bits per heavy atom. The molecule has 2 N–H and O–H groups in total. The van der Waals surface area contributed by atoms with Crippen molar-refractivity contribution in [2.75, 3.05) is 0 Å². The minimum Gasteiger partial charge on any atom is -0.489 e. The molecule has 0 heterocycles. The third kappa shape index (κ3) is 2.24. The van der Waals surface area contributed by atoms with Gasteiger partial charge in [0, 0.05) is 21.5 Å². The van der Waals surface area contributed by atoms with E-state index in [4.69, 9.17) is 10.5 Å². The predicted molar refractivity (Wildman–Crippen MR) is 90.4 cm³/mol. The second-order valence-corrected chi connectivity index (χ2v) is 8.60. The average molecular weight is 352 g/mol. The summed E-state index contributed by atoms with van der Waals surface area (Å²) in [5.41, 5.74) is 7.85. The number of rotatable bonds is 3. The largest absolute Gasteiger partial charge is 0.489 e. The molecule has 2 nitrogen and oxygen atoms in total. The van der Waals surface area contributed by atoms with E-state index >= 15 is 0 Å². The van der Waals surface area contributed by atoms with E-state index < -0.39 is 0 Å². The van der Waals surface area contributed by atoms with Crippen molar-refractivity contribution in [3.63, 3.8) is 0 Å². The summed E-state index contributed by atoms with van der Waals surface area (Å²) in [5.74, 6) is 1.74. The van der Waals surface area contributed by atoms with Crippen LogP contribution in [0.25, 0.3) is 0 Å². The van der Waals surface area contributed by atoms with Crippen LogP contribution < -0.4 is 10.5 Å². The number of benzene rings is 1. The van der Waals surface area contributed by atoms with Crippen molar-refractivity contribution >= 4 is 15.9 Å². The summed E-state index contributed by atoms with van der Waals surface area (Å²) in [6, 6.07) is 6.18. The van der Waals surface area contributed by atoms with Crippen LogP contribution in [-0.4, -0.2) is 6.10 Å². The Balaban J connectivity index is 1.91. The zero-order valence-electron chi connectivity index (χ0n) is 13.4.